The molecule has 1 rings (SSSR count). The first-order valence-corrected chi connectivity index (χ1v) is 3.20. The second kappa shape index (κ2) is 3.14. The molecule has 1 aromatic rings. The van der Waals surface area contributed by atoms with Gasteiger partial charge in [-0.2, -0.15) is 13.2 Å². The van der Waals surface area contributed by atoms with Gasteiger partial charge in [-0.05, 0) is 0 Å². The van der Waals surface area contributed by atoms with Gasteiger partial charge in [0.2, 0.25) is 0 Å². The van der Waals surface area contributed by atoms with E-state index in [0.29, 0.717) is 0 Å². The minimum Gasteiger partial charge on any atom is -0.382 e. The second-order valence-corrected chi connectivity index (χ2v) is 2.32. The van der Waals surface area contributed by atoms with Gasteiger partial charge in [-0.3, -0.25) is 0 Å². The summed E-state index contributed by atoms with van der Waals surface area (Å²) in [6, 6.07) is 0. The van der Waals surface area contributed by atoms with Crippen LogP contribution in [0.25, 0.3) is 0 Å². The van der Waals surface area contributed by atoms with Gasteiger partial charge in [0, 0.05) is 12.4 Å². The van der Waals surface area contributed by atoms with E-state index in [-0.39, 0.29) is 0 Å². The normalized spacial score (nSPS) is 14.7. The molecule has 0 radical (unpaired) electrons. The molecule has 0 fully saturated rings. The molecule has 1 N–H and O–H groups in total. The Morgan fingerprint density at radius 1 is 1.50 bits per heavy atom. The van der Waals surface area contributed by atoms with Crippen LogP contribution in [-0.2, 0) is 6.54 Å². The van der Waals surface area contributed by atoms with E-state index in [4.69, 9.17) is 5.11 Å². The number of alkyl halides is 3. The van der Waals surface area contributed by atoms with Crippen LogP contribution < -0.4 is 0 Å². The van der Waals surface area contributed by atoms with Crippen LogP contribution in [0, 0.1) is 0 Å². The lowest BCUT2D eigenvalue weighted by Crippen LogP contribution is -2.32. The first-order valence-electron chi connectivity index (χ1n) is 3.20. The Kier molecular flexibility index (Phi) is 2.37. The summed E-state index contributed by atoms with van der Waals surface area (Å²) in [6.45, 7) is -0.510. The maximum Gasteiger partial charge on any atom is 0.416 e. The molecular weight excluding hydrogens is 173 g/mol. The van der Waals surface area contributed by atoms with Crippen LogP contribution in [0.2, 0.25) is 0 Å². The average Bonchev–Trinajstić information content (AvgIpc) is 2.37. The van der Waals surface area contributed by atoms with Crippen molar-refractivity contribution in [2.75, 3.05) is 0 Å². The van der Waals surface area contributed by atoms with E-state index in [9.17, 15) is 13.2 Å². The van der Waals surface area contributed by atoms with E-state index in [2.05, 4.69) is 4.98 Å². The fourth-order valence-electron chi connectivity index (χ4n) is 0.698. The lowest BCUT2D eigenvalue weighted by molar-refractivity contribution is -0.207. The summed E-state index contributed by atoms with van der Waals surface area (Å²) in [5.74, 6) is 0. The molecule has 0 aliphatic carbocycles. The molecular formula is C6H7F3N2O. The summed E-state index contributed by atoms with van der Waals surface area (Å²) >= 11 is 0. The first-order chi connectivity index (χ1) is 5.50. The summed E-state index contributed by atoms with van der Waals surface area (Å²) < 4.78 is 36.4. The van der Waals surface area contributed by atoms with Crippen LogP contribution in [0.4, 0.5) is 13.2 Å². The summed E-state index contributed by atoms with van der Waals surface area (Å²) in [5.41, 5.74) is 0. The lowest BCUT2D eigenvalue weighted by atomic mass is 10.3. The zero-order valence-electron chi connectivity index (χ0n) is 5.99. The molecule has 0 saturated carbocycles. The second-order valence-electron chi connectivity index (χ2n) is 2.32. The molecule has 0 spiro atoms. The summed E-state index contributed by atoms with van der Waals surface area (Å²) in [6.07, 6.45) is -2.97. The van der Waals surface area contributed by atoms with E-state index in [1.165, 1.54) is 18.7 Å². The predicted octanol–water partition coefficient (Wildman–Crippen LogP) is 0.806. The molecule has 1 aromatic heterocycles. The van der Waals surface area contributed by atoms with E-state index >= 15 is 0 Å². The first kappa shape index (κ1) is 9.05. The van der Waals surface area contributed by atoms with Crippen molar-refractivity contribution in [2.24, 2.45) is 0 Å². The van der Waals surface area contributed by atoms with Gasteiger partial charge in [-0.25, -0.2) is 4.98 Å². The van der Waals surface area contributed by atoms with Crippen LogP contribution >= 0.6 is 0 Å². The summed E-state index contributed by atoms with van der Waals surface area (Å²) in [4.78, 5) is 3.54. The smallest absolute Gasteiger partial charge is 0.382 e. The zero-order chi connectivity index (χ0) is 9.19. The van der Waals surface area contributed by atoms with Gasteiger partial charge in [0.25, 0.3) is 0 Å². The van der Waals surface area contributed by atoms with Crippen LogP contribution in [0.15, 0.2) is 18.7 Å². The topological polar surface area (TPSA) is 38.0 Å². The van der Waals surface area contributed by atoms with Gasteiger partial charge >= 0.3 is 6.18 Å². The van der Waals surface area contributed by atoms with Crippen molar-refractivity contribution in [3.63, 3.8) is 0 Å². The molecule has 0 bridgehead atoms. The molecule has 0 aliphatic heterocycles. The SMILES string of the molecule is O[C@H](Cn1ccnc1)C(F)(F)F. The highest BCUT2D eigenvalue weighted by Crippen LogP contribution is 2.20. The fourth-order valence-corrected chi connectivity index (χ4v) is 0.698. The third kappa shape index (κ3) is 2.23. The number of nitrogens with zero attached hydrogens (tertiary/aromatic N) is 2. The highest BCUT2D eigenvalue weighted by atomic mass is 19.4. The minimum absolute atomic E-state index is 0.510. The Hall–Kier alpha value is -1.04. The molecule has 0 aliphatic rings. The zero-order valence-corrected chi connectivity index (χ0v) is 5.99. The van der Waals surface area contributed by atoms with Crippen LogP contribution in [0.3, 0.4) is 0 Å². The van der Waals surface area contributed by atoms with Gasteiger partial charge in [0.05, 0.1) is 12.9 Å². The number of aliphatic hydroxyl groups is 1. The number of imidazole rings is 1. The molecule has 1 heterocycles. The Bertz CT molecular complexity index is 231. The highest BCUT2D eigenvalue weighted by Gasteiger charge is 2.38. The third-order valence-electron chi connectivity index (χ3n) is 1.32. The van der Waals surface area contributed by atoms with Crippen molar-refractivity contribution in [1.29, 1.82) is 0 Å². The van der Waals surface area contributed by atoms with Gasteiger partial charge in [-0.1, -0.05) is 0 Å². The van der Waals surface area contributed by atoms with Gasteiger partial charge in [-0.15, -0.1) is 0 Å². The number of hydrogen-bond acceptors (Lipinski definition) is 2. The van der Waals surface area contributed by atoms with Crippen molar-refractivity contribution < 1.29 is 18.3 Å². The quantitative estimate of drug-likeness (QED) is 0.731. The standard InChI is InChI=1S/C6H7F3N2O/c7-6(8,9)5(12)3-11-2-1-10-4-11/h1-2,4-5,12H,3H2/t5-/m1/s1. The van der Waals surface area contributed by atoms with Gasteiger partial charge < -0.3 is 9.67 Å². The van der Waals surface area contributed by atoms with Crippen LogP contribution in [0.1, 0.15) is 0 Å². The van der Waals surface area contributed by atoms with Crippen molar-refractivity contribution >= 4 is 0 Å². The van der Waals surface area contributed by atoms with E-state index in [0.717, 1.165) is 4.57 Å². The molecule has 3 nitrogen and oxygen atoms in total. The molecule has 6 heteroatoms. The Balaban J connectivity index is 2.53. The molecule has 0 saturated heterocycles. The van der Waals surface area contributed by atoms with E-state index in [1.54, 1.807) is 0 Å². The average molecular weight is 180 g/mol. The Morgan fingerprint density at radius 2 is 2.17 bits per heavy atom. The monoisotopic (exact) mass is 180 g/mol. The van der Waals surface area contributed by atoms with Crippen molar-refractivity contribution in [2.45, 2.75) is 18.8 Å². The van der Waals surface area contributed by atoms with Crippen LogP contribution in [-0.4, -0.2) is 26.9 Å². The largest absolute Gasteiger partial charge is 0.416 e. The van der Waals surface area contributed by atoms with Gasteiger partial charge in [0.15, 0.2) is 6.10 Å². The highest BCUT2D eigenvalue weighted by molar-refractivity contribution is 4.77. The molecule has 12 heavy (non-hydrogen) atoms. The molecule has 0 amide bonds. The number of rotatable bonds is 2. The summed E-state index contributed by atoms with van der Waals surface area (Å²) in [7, 11) is 0. The number of hydrogen-bond donors (Lipinski definition) is 1. The summed E-state index contributed by atoms with van der Waals surface area (Å²) in [5, 5.41) is 8.58. The lowest BCUT2D eigenvalue weighted by Gasteiger charge is -2.14. The molecule has 0 unspecified atom stereocenters. The van der Waals surface area contributed by atoms with Crippen molar-refractivity contribution in [3.8, 4) is 0 Å². The Morgan fingerprint density at radius 3 is 2.58 bits per heavy atom. The Labute approximate surface area is 66.5 Å². The van der Waals surface area contributed by atoms with Crippen molar-refractivity contribution in [1.82, 2.24) is 9.55 Å². The van der Waals surface area contributed by atoms with Crippen molar-refractivity contribution in [3.05, 3.63) is 18.7 Å². The minimum atomic E-state index is -4.57. The fraction of sp³-hybridized carbons (Fsp3) is 0.500. The maximum atomic E-state index is 11.8. The molecule has 68 valence electrons. The number of halogens is 3. The molecule has 0 aromatic carbocycles. The maximum absolute atomic E-state index is 11.8. The third-order valence-corrected chi connectivity index (χ3v) is 1.32. The van der Waals surface area contributed by atoms with Gasteiger partial charge in [0.1, 0.15) is 0 Å². The molecule has 1 atom stereocenters. The van der Waals surface area contributed by atoms with E-state index in [1.807, 2.05) is 0 Å². The number of aliphatic hydroxyl groups excluding tert-OH is 1. The number of aromatic nitrogens is 2. The van der Waals surface area contributed by atoms with E-state index < -0.39 is 18.8 Å². The van der Waals surface area contributed by atoms with Crippen LogP contribution in [0.5, 0.6) is 0 Å². The predicted molar refractivity (Wildman–Crippen MR) is 34.3 cm³/mol.